The molecular weight excluding hydrogens is 208 g/mol. The highest BCUT2D eigenvalue weighted by Gasteiger charge is 2.21. The first kappa shape index (κ1) is 12.4. The van der Waals surface area contributed by atoms with Crippen LogP contribution in [-0.2, 0) is 0 Å². The van der Waals surface area contributed by atoms with Crippen LogP contribution in [0.4, 0.5) is 5.69 Å². The lowest BCUT2D eigenvalue weighted by molar-refractivity contribution is 0.549. The molecule has 1 aliphatic rings. The Hall–Kier alpha value is -1.02. The number of nitrogens with one attached hydrogen (secondary N) is 1. The van der Waals surface area contributed by atoms with Crippen LogP contribution in [0.25, 0.3) is 0 Å². The van der Waals surface area contributed by atoms with Crippen LogP contribution in [0.2, 0.25) is 0 Å². The van der Waals surface area contributed by atoms with Crippen molar-refractivity contribution in [3.8, 4) is 0 Å². The Kier molecular flexibility index (Phi) is 4.06. The largest absolute Gasteiger partial charge is 0.370 e. The molecule has 1 fully saturated rings. The Morgan fingerprint density at radius 3 is 2.82 bits per heavy atom. The Balaban J connectivity index is 1.97. The standard InChI is InChI=1S/C15H24N2/c1-4-8-16-14-7-9-17(11-14)15-6-5-12(2)13(3)10-15/h5-6,10,14,16H,4,7-9,11H2,1-3H3. The van der Waals surface area contributed by atoms with E-state index in [1.807, 2.05) is 0 Å². The molecule has 2 heteroatoms. The lowest BCUT2D eigenvalue weighted by Gasteiger charge is -2.20. The van der Waals surface area contributed by atoms with Gasteiger partial charge in [-0.1, -0.05) is 13.0 Å². The average molecular weight is 232 g/mol. The summed E-state index contributed by atoms with van der Waals surface area (Å²) in [4.78, 5) is 2.50. The van der Waals surface area contributed by atoms with Crippen LogP contribution in [0.15, 0.2) is 18.2 Å². The van der Waals surface area contributed by atoms with Gasteiger partial charge in [0, 0.05) is 24.8 Å². The highest BCUT2D eigenvalue weighted by atomic mass is 15.2. The van der Waals surface area contributed by atoms with E-state index in [-0.39, 0.29) is 0 Å². The fraction of sp³-hybridized carbons (Fsp3) is 0.600. The van der Waals surface area contributed by atoms with Gasteiger partial charge >= 0.3 is 0 Å². The molecular formula is C15H24N2. The van der Waals surface area contributed by atoms with Gasteiger partial charge in [0.2, 0.25) is 0 Å². The van der Waals surface area contributed by atoms with Gasteiger partial charge in [-0.25, -0.2) is 0 Å². The second-order valence-corrected chi connectivity index (χ2v) is 5.15. The van der Waals surface area contributed by atoms with Gasteiger partial charge in [0.05, 0.1) is 0 Å². The maximum atomic E-state index is 3.62. The number of benzene rings is 1. The van der Waals surface area contributed by atoms with Gasteiger partial charge in [-0.3, -0.25) is 0 Å². The summed E-state index contributed by atoms with van der Waals surface area (Å²) in [5.41, 5.74) is 4.16. The minimum atomic E-state index is 0.677. The van der Waals surface area contributed by atoms with Gasteiger partial charge in [0.15, 0.2) is 0 Å². The van der Waals surface area contributed by atoms with Crippen molar-refractivity contribution in [2.24, 2.45) is 0 Å². The average Bonchev–Trinajstić information content (AvgIpc) is 2.79. The molecule has 0 spiro atoms. The summed E-state index contributed by atoms with van der Waals surface area (Å²) >= 11 is 0. The molecule has 0 amide bonds. The van der Waals surface area contributed by atoms with Gasteiger partial charge < -0.3 is 10.2 Å². The van der Waals surface area contributed by atoms with E-state index in [1.54, 1.807) is 0 Å². The van der Waals surface area contributed by atoms with Gasteiger partial charge in [0.1, 0.15) is 0 Å². The molecule has 2 nitrogen and oxygen atoms in total. The Morgan fingerprint density at radius 1 is 1.29 bits per heavy atom. The molecule has 0 bridgehead atoms. The Bertz CT molecular complexity index is 373. The van der Waals surface area contributed by atoms with Crippen LogP contribution in [0.5, 0.6) is 0 Å². The van der Waals surface area contributed by atoms with Crippen LogP contribution in [0, 0.1) is 13.8 Å². The molecule has 1 aromatic carbocycles. The molecule has 17 heavy (non-hydrogen) atoms. The molecule has 1 aromatic rings. The zero-order chi connectivity index (χ0) is 12.3. The van der Waals surface area contributed by atoms with Crippen molar-refractivity contribution in [1.29, 1.82) is 0 Å². The molecule has 0 saturated carbocycles. The van der Waals surface area contributed by atoms with Crippen LogP contribution >= 0.6 is 0 Å². The molecule has 0 aromatic heterocycles. The van der Waals surface area contributed by atoms with Gasteiger partial charge in [-0.2, -0.15) is 0 Å². The molecule has 1 unspecified atom stereocenters. The third-order valence-electron chi connectivity index (χ3n) is 3.73. The fourth-order valence-electron chi connectivity index (χ4n) is 2.43. The minimum Gasteiger partial charge on any atom is -0.370 e. The molecule has 94 valence electrons. The summed E-state index contributed by atoms with van der Waals surface area (Å²) < 4.78 is 0. The van der Waals surface area contributed by atoms with Crippen LogP contribution in [-0.4, -0.2) is 25.7 Å². The van der Waals surface area contributed by atoms with E-state index in [4.69, 9.17) is 0 Å². The fourth-order valence-corrected chi connectivity index (χ4v) is 2.43. The number of hydrogen-bond donors (Lipinski definition) is 1. The number of aryl methyl sites for hydroxylation is 2. The predicted molar refractivity (Wildman–Crippen MR) is 74.8 cm³/mol. The van der Waals surface area contributed by atoms with Crippen molar-refractivity contribution in [2.45, 2.75) is 39.7 Å². The van der Waals surface area contributed by atoms with E-state index in [0.717, 1.165) is 13.1 Å². The third kappa shape index (κ3) is 3.01. The highest BCUT2D eigenvalue weighted by molar-refractivity contribution is 5.51. The van der Waals surface area contributed by atoms with Crippen LogP contribution in [0.3, 0.4) is 0 Å². The van der Waals surface area contributed by atoms with Crippen molar-refractivity contribution >= 4 is 5.69 Å². The molecule has 1 saturated heterocycles. The highest BCUT2D eigenvalue weighted by Crippen LogP contribution is 2.22. The van der Waals surface area contributed by atoms with E-state index in [9.17, 15) is 0 Å². The molecule has 0 radical (unpaired) electrons. The second kappa shape index (κ2) is 5.54. The van der Waals surface area contributed by atoms with Crippen molar-refractivity contribution in [3.05, 3.63) is 29.3 Å². The van der Waals surface area contributed by atoms with Crippen molar-refractivity contribution < 1.29 is 0 Å². The molecule has 1 N–H and O–H groups in total. The molecule has 1 atom stereocenters. The normalized spacial score (nSPS) is 19.9. The topological polar surface area (TPSA) is 15.3 Å². The molecule has 2 rings (SSSR count). The van der Waals surface area contributed by atoms with E-state index < -0.39 is 0 Å². The van der Waals surface area contributed by atoms with E-state index in [1.165, 1.54) is 36.2 Å². The first-order chi connectivity index (χ1) is 8.20. The van der Waals surface area contributed by atoms with Gasteiger partial charge in [0.25, 0.3) is 0 Å². The maximum Gasteiger partial charge on any atom is 0.0369 e. The smallest absolute Gasteiger partial charge is 0.0369 e. The lowest BCUT2D eigenvalue weighted by atomic mass is 10.1. The lowest BCUT2D eigenvalue weighted by Crippen LogP contribution is -2.32. The SMILES string of the molecule is CCCNC1CCN(c2ccc(C)c(C)c2)C1. The predicted octanol–water partition coefficient (Wildman–Crippen LogP) is 2.88. The molecule has 1 heterocycles. The summed E-state index contributed by atoms with van der Waals surface area (Å²) in [5.74, 6) is 0. The van der Waals surface area contributed by atoms with Crippen molar-refractivity contribution in [2.75, 3.05) is 24.5 Å². The monoisotopic (exact) mass is 232 g/mol. The maximum absolute atomic E-state index is 3.62. The molecule has 1 aliphatic heterocycles. The second-order valence-electron chi connectivity index (χ2n) is 5.15. The minimum absolute atomic E-state index is 0.677. The Morgan fingerprint density at radius 2 is 2.12 bits per heavy atom. The summed E-state index contributed by atoms with van der Waals surface area (Å²) in [5, 5.41) is 3.62. The number of hydrogen-bond acceptors (Lipinski definition) is 2. The Labute approximate surface area is 105 Å². The van der Waals surface area contributed by atoms with Crippen molar-refractivity contribution in [3.63, 3.8) is 0 Å². The quantitative estimate of drug-likeness (QED) is 0.858. The zero-order valence-electron chi connectivity index (χ0n) is 11.3. The van der Waals surface area contributed by atoms with E-state index in [2.05, 4.69) is 49.2 Å². The summed E-state index contributed by atoms with van der Waals surface area (Å²) in [6.07, 6.45) is 2.49. The molecule has 0 aliphatic carbocycles. The van der Waals surface area contributed by atoms with Gasteiger partial charge in [-0.05, 0) is 56.5 Å². The zero-order valence-corrected chi connectivity index (χ0v) is 11.3. The first-order valence-electron chi connectivity index (χ1n) is 6.76. The number of rotatable bonds is 4. The number of nitrogens with zero attached hydrogens (tertiary/aromatic N) is 1. The summed E-state index contributed by atoms with van der Waals surface area (Å²) in [6, 6.07) is 7.48. The van der Waals surface area contributed by atoms with E-state index >= 15 is 0 Å². The van der Waals surface area contributed by atoms with Crippen LogP contribution in [0.1, 0.15) is 30.9 Å². The summed E-state index contributed by atoms with van der Waals surface area (Å²) in [6.45, 7) is 10.1. The van der Waals surface area contributed by atoms with Crippen LogP contribution < -0.4 is 10.2 Å². The van der Waals surface area contributed by atoms with E-state index in [0.29, 0.717) is 6.04 Å². The van der Waals surface area contributed by atoms with Gasteiger partial charge in [-0.15, -0.1) is 0 Å². The van der Waals surface area contributed by atoms with Crippen molar-refractivity contribution in [1.82, 2.24) is 5.32 Å². The number of anilines is 1. The third-order valence-corrected chi connectivity index (χ3v) is 3.73. The first-order valence-corrected chi connectivity index (χ1v) is 6.76. The summed E-state index contributed by atoms with van der Waals surface area (Å²) in [7, 11) is 0.